The van der Waals surface area contributed by atoms with E-state index in [0.717, 1.165) is 33.0 Å². The van der Waals surface area contributed by atoms with E-state index in [1.807, 2.05) is 120 Å². The Morgan fingerprint density at radius 3 is 1.49 bits per heavy atom. The summed E-state index contributed by atoms with van der Waals surface area (Å²) in [5.74, 6) is -6.35. The average molecular weight is 659 g/mol. The van der Waals surface area contributed by atoms with Gasteiger partial charge >= 0.3 is 0 Å². The highest BCUT2D eigenvalue weighted by molar-refractivity contribution is 6.27. The first-order valence-corrected chi connectivity index (χ1v) is 16.0. The van der Waals surface area contributed by atoms with Gasteiger partial charge in [0, 0.05) is 5.56 Å². The van der Waals surface area contributed by atoms with Gasteiger partial charge in [0.25, 0.3) is 0 Å². The van der Waals surface area contributed by atoms with Crippen molar-refractivity contribution in [3.63, 3.8) is 0 Å². The predicted octanol–water partition coefficient (Wildman–Crippen LogP) is 10.9. The molecule has 7 N–H and O–H groups in total. The van der Waals surface area contributed by atoms with E-state index in [-0.39, 0.29) is 21.9 Å². The Kier molecular flexibility index (Phi) is 9.35. The Morgan fingerprint density at radius 2 is 0.980 bits per heavy atom. The van der Waals surface area contributed by atoms with Gasteiger partial charge in [-0.25, -0.2) is 0 Å². The fraction of sp³-hybridized carbons (Fsp3) is 0.122. The molecule has 49 heavy (non-hydrogen) atoms. The van der Waals surface area contributed by atoms with Crippen LogP contribution < -0.4 is 0 Å². The second-order valence-corrected chi connectivity index (χ2v) is 10.7. The summed E-state index contributed by atoms with van der Waals surface area (Å²) < 4.78 is 5.96. The summed E-state index contributed by atoms with van der Waals surface area (Å²) in [6.45, 7) is 14.0. The molecule has 0 saturated heterocycles. The summed E-state index contributed by atoms with van der Waals surface area (Å²) in [7, 11) is 0. The molecule has 0 spiro atoms. The Morgan fingerprint density at radius 1 is 0.510 bits per heavy atom. The van der Waals surface area contributed by atoms with Gasteiger partial charge in [0.05, 0.1) is 16.3 Å². The summed E-state index contributed by atoms with van der Waals surface area (Å²) in [6.07, 6.45) is 5.78. The van der Waals surface area contributed by atoms with Crippen LogP contribution in [0.15, 0.2) is 83.8 Å². The lowest BCUT2D eigenvalue weighted by atomic mass is 9.83. The smallest absolute Gasteiger partial charge is 0.208 e. The number of fused-ring (bicyclic) bond motifs is 5. The molecule has 6 aromatic carbocycles. The molecule has 0 aliphatic heterocycles. The Bertz CT molecular complexity index is 2380. The van der Waals surface area contributed by atoms with E-state index in [9.17, 15) is 35.7 Å². The lowest BCUT2D eigenvalue weighted by molar-refractivity contribution is 0.348. The number of benzene rings is 6. The minimum absolute atomic E-state index is 0.0418. The number of furan rings is 1. The quantitative estimate of drug-likeness (QED) is 0.0560. The maximum atomic E-state index is 11.5. The van der Waals surface area contributed by atoms with Crippen LogP contribution in [0.1, 0.15) is 45.7 Å². The minimum Gasteiger partial charge on any atom is -0.504 e. The molecule has 0 saturated carbocycles. The summed E-state index contributed by atoms with van der Waals surface area (Å²) in [5.41, 5.74) is 3.44. The van der Waals surface area contributed by atoms with Crippen molar-refractivity contribution in [2.24, 2.45) is 0 Å². The highest BCUT2D eigenvalue weighted by Gasteiger charge is 2.32. The van der Waals surface area contributed by atoms with Crippen molar-refractivity contribution in [2.75, 3.05) is 0 Å². The van der Waals surface area contributed by atoms with Crippen LogP contribution in [0.2, 0.25) is 0 Å². The summed E-state index contributed by atoms with van der Waals surface area (Å²) in [6, 6.07) is 21.0. The highest BCUT2D eigenvalue weighted by atomic mass is 16.4. The largest absolute Gasteiger partial charge is 0.504 e. The number of rotatable bonds is 4. The molecule has 0 aliphatic carbocycles. The molecule has 0 bridgehead atoms. The zero-order valence-corrected chi connectivity index (χ0v) is 27.8. The van der Waals surface area contributed by atoms with Gasteiger partial charge < -0.3 is 40.2 Å². The van der Waals surface area contributed by atoms with Crippen LogP contribution in [0.3, 0.4) is 0 Å². The van der Waals surface area contributed by atoms with E-state index < -0.39 is 45.8 Å². The maximum absolute atomic E-state index is 11.5. The maximum Gasteiger partial charge on any atom is 0.208 e. The van der Waals surface area contributed by atoms with Crippen LogP contribution in [0.25, 0.3) is 77.9 Å². The highest BCUT2D eigenvalue weighted by Crippen LogP contribution is 2.60. The van der Waals surface area contributed by atoms with Crippen molar-refractivity contribution >= 4 is 55.6 Å². The Balaban J connectivity index is 0.00000113. The Labute approximate surface area is 283 Å². The molecular formula is C41H38O8. The van der Waals surface area contributed by atoms with E-state index in [2.05, 4.69) is 6.58 Å². The molecule has 0 fully saturated rings. The number of phenols is 7. The number of phenolic OH excluding ortho intramolecular Hbond substituents is 7. The fourth-order valence-electron chi connectivity index (χ4n) is 6.41. The van der Waals surface area contributed by atoms with Crippen LogP contribution in [0.5, 0.6) is 40.2 Å². The van der Waals surface area contributed by atoms with Gasteiger partial charge in [-0.1, -0.05) is 119 Å². The predicted molar refractivity (Wildman–Crippen MR) is 199 cm³/mol. The van der Waals surface area contributed by atoms with Crippen LogP contribution >= 0.6 is 0 Å². The van der Waals surface area contributed by atoms with E-state index in [4.69, 9.17) is 4.42 Å². The zero-order valence-electron chi connectivity index (χ0n) is 27.8. The fourth-order valence-corrected chi connectivity index (χ4v) is 6.41. The summed E-state index contributed by atoms with van der Waals surface area (Å²) in [5, 5.41) is 77.6. The molecule has 0 radical (unpaired) electrons. The topological polar surface area (TPSA) is 155 Å². The van der Waals surface area contributed by atoms with Crippen molar-refractivity contribution in [3.8, 4) is 62.5 Å². The molecule has 8 heteroatoms. The van der Waals surface area contributed by atoms with E-state index in [1.165, 1.54) is 0 Å². The van der Waals surface area contributed by atoms with Gasteiger partial charge in [0.15, 0.2) is 28.4 Å². The molecule has 7 rings (SSSR count). The van der Waals surface area contributed by atoms with Gasteiger partial charge in [0.1, 0.15) is 0 Å². The van der Waals surface area contributed by atoms with Crippen molar-refractivity contribution in [1.82, 2.24) is 0 Å². The van der Waals surface area contributed by atoms with Crippen molar-refractivity contribution in [2.45, 2.75) is 34.6 Å². The van der Waals surface area contributed by atoms with Crippen molar-refractivity contribution in [3.05, 3.63) is 90.5 Å². The first kappa shape index (κ1) is 34.1. The van der Waals surface area contributed by atoms with Crippen LogP contribution in [-0.2, 0) is 0 Å². The molecule has 250 valence electrons. The SMILES string of the molecule is C=Cc1c(/C=C\C)cccc1-c1c2ccccc2c(-c2c(O)c(O)c(O)c3c2oc2c(O)c(O)c(O)c(O)c23)c2ccccc12.CC.CC. The second kappa shape index (κ2) is 13.4. The van der Waals surface area contributed by atoms with Crippen LogP contribution in [-0.4, -0.2) is 35.7 Å². The third-order valence-electron chi connectivity index (χ3n) is 8.32. The number of hydrogen-bond donors (Lipinski definition) is 7. The molecule has 0 amide bonds. The minimum atomic E-state index is -1.05. The monoisotopic (exact) mass is 658 g/mol. The molecule has 0 aliphatic rings. The number of aromatic hydroxyl groups is 7. The average Bonchev–Trinajstić information content (AvgIpc) is 3.54. The zero-order chi connectivity index (χ0) is 35.7. The van der Waals surface area contributed by atoms with E-state index in [1.54, 1.807) is 0 Å². The lowest BCUT2D eigenvalue weighted by Crippen LogP contribution is -1.94. The van der Waals surface area contributed by atoms with Crippen LogP contribution in [0, 0.1) is 0 Å². The van der Waals surface area contributed by atoms with E-state index >= 15 is 0 Å². The molecular weight excluding hydrogens is 620 g/mol. The third-order valence-corrected chi connectivity index (χ3v) is 8.32. The van der Waals surface area contributed by atoms with Crippen molar-refractivity contribution in [1.29, 1.82) is 0 Å². The van der Waals surface area contributed by atoms with E-state index in [0.29, 0.717) is 16.3 Å². The second-order valence-electron chi connectivity index (χ2n) is 10.7. The lowest BCUT2D eigenvalue weighted by Gasteiger charge is -2.20. The van der Waals surface area contributed by atoms with Gasteiger partial charge in [0.2, 0.25) is 23.0 Å². The molecule has 7 aromatic rings. The molecule has 1 aromatic heterocycles. The van der Waals surface area contributed by atoms with Gasteiger partial charge in [-0.3, -0.25) is 0 Å². The molecule has 0 atom stereocenters. The molecule has 0 unspecified atom stereocenters. The first-order valence-electron chi connectivity index (χ1n) is 16.0. The first-order chi connectivity index (χ1) is 23.7. The standard InChI is InChI=1S/C37H26O8.2C2H6/c1-3-10-17-11-9-16-19(18(17)4-2)24-20-12-5-7-14-22(20)25(23-15-8-6-13-21(23)24)26-29(38)32(41)30(39)27-28-31(40)33(42)34(43)35(44)37(28)45-36(26)27;2*1-2/h3-16,38-44H,2H2,1H3;2*1-2H3/b10-3-;;. The Hall–Kier alpha value is -6.28. The summed E-state index contributed by atoms with van der Waals surface area (Å²) >= 11 is 0. The third kappa shape index (κ3) is 5.00. The number of hydrogen-bond acceptors (Lipinski definition) is 8. The summed E-state index contributed by atoms with van der Waals surface area (Å²) in [4.78, 5) is 0. The normalized spacial score (nSPS) is 11.1. The molecule has 8 nitrogen and oxygen atoms in total. The van der Waals surface area contributed by atoms with Gasteiger partial charge in [-0.15, -0.1) is 0 Å². The van der Waals surface area contributed by atoms with Crippen molar-refractivity contribution < 1.29 is 40.2 Å². The molecule has 1 heterocycles. The van der Waals surface area contributed by atoms with Gasteiger partial charge in [-0.2, -0.15) is 0 Å². The van der Waals surface area contributed by atoms with Gasteiger partial charge in [-0.05, 0) is 50.7 Å². The number of allylic oxidation sites excluding steroid dienone is 1. The van der Waals surface area contributed by atoms with Crippen LogP contribution in [0.4, 0.5) is 0 Å².